The number of rotatable bonds is 4. The van der Waals surface area contributed by atoms with E-state index >= 15 is 0 Å². The molecule has 7 atom stereocenters. The van der Waals surface area contributed by atoms with Gasteiger partial charge in [0.1, 0.15) is 0 Å². The third-order valence-electron chi connectivity index (χ3n) is 7.03. The molecule has 7 unspecified atom stereocenters. The van der Waals surface area contributed by atoms with Crippen molar-refractivity contribution in [3.63, 3.8) is 0 Å². The van der Waals surface area contributed by atoms with Crippen LogP contribution in [0.5, 0.6) is 0 Å². The summed E-state index contributed by atoms with van der Waals surface area (Å²) < 4.78 is 0. The van der Waals surface area contributed by atoms with Crippen LogP contribution in [-0.4, -0.2) is 6.04 Å². The molecule has 4 fully saturated rings. The maximum Gasteiger partial charge on any atom is 0.0260 e. The molecule has 4 saturated carbocycles. The minimum Gasteiger partial charge on any atom is -0.386 e. The lowest BCUT2D eigenvalue weighted by molar-refractivity contribution is 0.258. The number of nitrogens with one attached hydrogen (secondary N) is 1. The predicted molar refractivity (Wildman–Crippen MR) is 79.6 cm³/mol. The molecule has 0 aromatic carbocycles. The van der Waals surface area contributed by atoms with E-state index in [1.807, 2.05) is 0 Å². The fourth-order valence-corrected chi connectivity index (χ4v) is 6.08. The Morgan fingerprint density at radius 3 is 2.16 bits per heavy atom. The summed E-state index contributed by atoms with van der Waals surface area (Å²) in [4.78, 5) is 0. The molecule has 4 bridgehead atoms. The lowest BCUT2D eigenvalue weighted by atomic mass is 9.82. The van der Waals surface area contributed by atoms with Gasteiger partial charge in [-0.3, -0.25) is 0 Å². The molecule has 0 aliphatic heterocycles. The highest BCUT2D eigenvalue weighted by atomic mass is 14.9. The van der Waals surface area contributed by atoms with E-state index in [4.69, 9.17) is 0 Å². The van der Waals surface area contributed by atoms with Gasteiger partial charge in [-0.2, -0.15) is 0 Å². The first-order valence-corrected chi connectivity index (χ1v) is 8.66. The zero-order valence-corrected chi connectivity index (χ0v) is 12.4. The van der Waals surface area contributed by atoms with Gasteiger partial charge in [0, 0.05) is 17.7 Å². The largest absolute Gasteiger partial charge is 0.386 e. The van der Waals surface area contributed by atoms with E-state index in [-0.39, 0.29) is 0 Å². The highest BCUT2D eigenvalue weighted by molar-refractivity contribution is 5.09. The molecule has 0 amide bonds. The lowest BCUT2D eigenvalue weighted by Gasteiger charge is -2.33. The fraction of sp³-hybridized carbons (Fsp3) is 0.889. The Hall–Kier alpha value is -0.460. The molecule has 0 radical (unpaired) electrons. The van der Waals surface area contributed by atoms with Crippen LogP contribution in [0.1, 0.15) is 58.3 Å². The number of allylic oxidation sites excluding steroid dienone is 1. The van der Waals surface area contributed by atoms with Crippen LogP contribution in [0.4, 0.5) is 0 Å². The Balaban J connectivity index is 1.35. The van der Waals surface area contributed by atoms with Crippen molar-refractivity contribution in [3.8, 4) is 0 Å². The van der Waals surface area contributed by atoms with Crippen LogP contribution >= 0.6 is 0 Å². The molecule has 0 spiro atoms. The van der Waals surface area contributed by atoms with Gasteiger partial charge in [-0.25, -0.2) is 0 Å². The van der Waals surface area contributed by atoms with Gasteiger partial charge >= 0.3 is 0 Å². The Bertz CT molecular complexity index is 374. The first-order chi connectivity index (χ1) is 9.20. The normalized spacial score (nSPS) is 48.7. The Morgan fingerprint density at radius 1 is 0.947 bits per heavy atom. The first kappa shape index (κ1) is 12.3. The average molecular weight is 259 g/mol. The van der Waals surface area contributed by atoms with E-state index in [9.17, 15) is 0 Å². The van der Waals surface area contributed by atoms with E-state index in [2.05, 4.69) is 18.8 Å². The Kier molecular flexibility index (Phi) is 2.93. The zero-order chi connectivity index (χ0) is 13.0. The zero-order valence-electron chi connectivity index (χ0n) is 12.4. The maximum atomic E-state index is 4.42. The molecule has 4 aliphatic carbocycles. The van der Waals surface area contributed by atoms with Crippen molar-refractivity contribution in [3.05, 3.63) is 12.3 Å². The van der Waals surface area contributed by atoms with Gasteiger partial charge < -0.3 is 5.32 Å². The van der Waals surface area contributed by atoms with Crippen molar-refractivity contribution in [1.82, 2.24) is 5.32 Å². The maximum absolute atomic E-state index is 4.42. The molecule has 0 saturated heterocycles. The minimum absolute atomic E-state index is 0.668. The van der Waals surface area contributed by atoms with E-state index < -0.39 is 0 Å². The second kappa shape index (κ2) is 4.53. The molecule has 0 heterocycles. The van der Waals surface area contributed by atoms with Gasteiger partial charge in [0.25, 0.3) is 0 Å². The standard InChI is InChI=1S/C18H29N/c1-11(17-9-13-3-5-15(17)7-13)19-12(2)18-10-14-4-6-16(18)8-14/h12-19H,1,3-10H2,2H3. The second-order valence-electron chi connectivity index (χ2n) is 8.08. The highest BCUT2D eigenvalue weighted by Gasteiger charge is 2.44. The number of fused-ring (bicyclic) bond motifs is 4. The lowest BCUT2D eigenvalue weighted by Crippen LogP contribution is -2.38. The fourth-order valence-electron chi connectivity index (χ4n) is 6.08. The summed E-state index contributed by atoms with van der Waals surface area (Å²) in [5, 5.41) is 3.84. The van der Waals surface area contributed by atoms with Crippen LogP contribution in [0.25, 0.3) is 0 Å². The third kappa shape index (κ3) is 2.04. The molecule has 4 aliphatic rings. The van der Waals surface area contributed by atoms with E-state index in [0.29, 0.717) is 6.04 Å². The Labute approximate surface area is 118 Å². The summed E-state index contributed by atoms with van der Waals surface area (Å²) in [6, 6.07) is 0.668. The SMILES string of the molecule is C=C(NC(C)C1CC2CCC1C2)C1CC2CCC1C2. The number of hydrogen-bond donors (Lipinski definition) is 1. The smallest absolute Gasteiger partial charge is 0.0260 e. The van der Waals surface area contributed by atoms with Crippen molar-refractivity contribution >= 4 is 0 Å². The quantitative estimate of drug-likeness (QED) is 0.791. The number of hydrogen-bond acceptors (Lipinski definition) is 1. The van der Waals surface area contributed by atoms with Crippen molar-refractivity contribution in [2.24, 2.45) is 35.5 Å². The van der Waals surface area contributed by atoms with Crippen LogP contribution in [-0.2, 0) is 0 Å². The van der Waals surface area contributed by atoms with Crippen LogP contribution in [0.3, 0.4) is 0 Å². The highest BCUT2D eigenvalue weighted by Crippen LogP contribution is 2.52. The molecule has 1 nitrogen and oxygen atoms in total. The first-order valence-electron chi connectivity index (χ1n) is 8.66. The van der Waals surface area contributed by atoms with Crippen molar-refractivity contribution in [1.29, 1.82) is 0 Å². The average Bonchev–Trinajstić information content (AvgIpc) is 3.17. The second-order valence-corrected chi connectivity index (χ2v) is 8.08. The summed E-state index contributed by atoms with van der Waals surface area (Å²) in [5.74, 6) is 5.84. The van der Waals surface area contributed by atoms with Crippen LogP contribution in [0.15, 0.2) is 12.3 Å². The van der Waals surface area contributed by atoms with Crippen LogP contribution in [0.2, 0.25) is 0 Å². The monoisotopic (exact) mass is 259 g/mol. The van der Waals surface area contributed by atoms with Gasteiger partial charge in [-0.05, 0) is 75.0 Å². The summed E-state index contributed by atoms with van der Waals surface area (Å²) >= 11 is 0. The van der Waals surface area contributed by atoms with E-state index in [1.165, 1.54) is 57.1 Å². The Morgan fingerprint density at radius 2 is 1.63 bits per heavy atom. The van der Waals surface area contributed by atoms with Crippen molar-refractivity contribution < 1.29 is 0 Å². The van der Waals surface area contributed by atoms with Gasteiger partial charge in [-0.1, -0.05) is 19.4 Å². The predicted octanol–water partition coefficient (Wildman–Crippen LogP) is 4.35. The van der Waals surface area contributed by atoms with Gasteiger partial charge in [0.2, 0.25) is 0 Å². The summed E-state index contributed by atoms with van der Waals surface area (Å²) in [6.07, 6.45) is 11.9. The van der Waals surface area contributed by atoms with Crippen molar-refractivity contribution in [2.45, 2.75) is 64.3 Å². The van der Waals surface area contributed by atoms with Gasteiger partial charge in [0.05, 0.1) is 0 Å². The minimum atomic E-state index is 0.668. The third-order valence-corrected chi connectivity index (χ3v) is 7.03. The topological polar surface area (TPSA) is 12.0 Å². The molecule has 4 rings (SSSR count). The molecule has 0 aromatic heterocycles. The van der Waals surface area contributed by atoms with Crippen LogP contribution < -0.4 is 5.32 Å². The van der Waals surface area contributed by atoms with Crippen LogP contribution in [0, 0.1) is 35.5 Å². The summed E-state index contributed by atoms with van der Waals surface area (Å²) in [7, 11) is 0. The van der Waals surface area contributed by atoms with Crippen molar-refractivity contribution in [2.75, 3.05) is 0 Å². The molecule has 19 heavy (non-hydrogen) atoms. The van der Waals surface area contributed by atoms with Gasteiger partial charge in [0.15, 0.2) is 0 Å². The molecule has 1 heteroatoms. The molecular weight excluding hydrogens is 230 g/mol. The summed E-state index contributed by atoms with van der Waals surface area (Å²) in [6.45, 7) is 6.84. The molecule has 0 aromatic rings. The molecule has 1 N–H and O–H groups in total. The molecule has 106 valence electrons. The summed E-state index contributed by atoms with van der Waals surface area (Å²) in [5.41, 5.74) is 1.39. The van der Waals surface area contributed by atoms with E-state index in [1.54, 1.807) is 0 Å². The molecular formula is C18H29N. The van der Waals surface area contributed by atoms with Gasteiger partial charge in [-0.15, -0.1) is 0 Å². The van der Waals surface area contributed by atoms with E-state index in [0.717, 1.165) is 35.5 Å².